The molecule has 1 heterocycles. The van der Waals surface area contributed by atoms with Crippen molar-refractivity contribution in [1.29, 1.82) is 0 Å². The van der Waals surface area contributed by atoms with Crippen LogP contribution in [-0.2, 0) is 11.3 Å². The van der Waals surface area contributed by atoms with Gasteiger partial charge >= 0.3 is 0 Å². The highest BCUT2D eigenvalue weighted by atomic mass is 19.1. The molecule has 140 valence electrons. The lowest BCUT2D eigenvalue weighted by Crippen LogP contribution is -2.15. The summed E-state index contributed by atoms with van der Waals surface area (Å²) in [6, 6.07) is 20.9. The maximum atomic E-state index is 13.2. The predicted molar refractivity (Wildman–Crippen MR) is 110 cm³/mol. The van der Waals surface area contributed by atoms with Crippen LogP contribution in [0.4, 0.5) is 10.1 Å². The third-order valence-corrected chi connectivity index (χ3v) is 4.77. The van der Waals surface area contributed by atoms with Crippen molar-refractivity contribution in [2.75, 3.05) is 5.32 Å². The third-order valence-electron chi connectivity index (χ3n) is 4.77. The summed E-state index contributed by atoms with van der Waals surface area (Å²) in [4.78, 5) is 24.9. The zero-order valence-electron chi connectivity index (χ0n) is 15.2. The van der Waals surface area contributed by atoms with E-state index in [1.54, 1.807) is 12.1 Å². The maximum absolute atomic E-state index is 13.2. The second-order valence-corrected chi connectivity index (χ2v) is 6.68. The van der Waals surface area contributed by atoms with E-state index in [2.05, 4.69) is 9.88 Å². The number of carbonyl (C=O) groups is 1. The predicted octanol–water partition coefficient (Wildman–Crippen LogP) is 4.71. The first-order valence-electron chi connectivity index (χ1n) is 9.19. The van der Waals surface area contributed by atoms with Crippen LogP contribution < -0.4 is 10.7 Å². The third kappa shape index (κ3) is 3.51. The molecule has 5 heteroatoms. The van der Waals surface area contributed by atoms with Gasteiger partial charge in [0.1, 0.15) is 5.82 Å². The molecule has 0 aliphatic rings. The monoisotopic (exact) mass is 374 g/mol. The average Bonchev–Trinajstić information content (AvgIpc) is 2.70. The molecule has 1 aromatic heterocycles. The highest BCUT2D eigenvalue weighted by molar-refractivity contribution is 5.93. The number of aryl methyl sites for hydroxylation is 1. The molecule has 0 bridgehead atoms. The number of anilines is 1. The van der Waals surface area contributed by atoms with E-state index >= 15 is 0 Å². The van der Waals surface area contributed by atoms with Gasteiger partial charge in [-0.3, -0.25) is 9.59 Å². The van der Waals surface area contributed by atoms with Gasteiger partial charge in [0.25, 0.3) is 0 Å². The minimum absolute atomic E-state index is 0.0197. The Bertz CT molecular complexity index is 1170. The van der Waals surface area contributed by atoms with Crippen LogP contribution in [0.1, 0.15) is 12.8 Å². The molecule has 1 N–H and O–H groups in total. The fraction of sp³-hybridized carbons (Fsp3) is 0.130. The average molecular weight is 374 g/mol. The second kappa shape index (κ2) is 7.64. The van der Waals surface area contributed by atoms with Crippen LogP contribution in [0.3, 0.4) is 0 Å². The van der Waals surface area contributed by atoms with E-state index in [9.17, 15) is 14.0 Å². The quantitative estimate of drug-likeness (QED) is 0.514. The van der Waals surface area contributed by atoms with E-state index in [0.717, 1.165) is 11.0 Å². The summed E-state index contributed by atoms with van der Waals surface area (Å²) < 4.78 is 15.3. The first-order chi connectivity index (χ1) is 13.6. The standard InChI is InChI=1S/C23H19FN2O2/c24-16-7-5-8-17(15-16)25-22(27)13-6-14-26-20-11-3-1-9-18(20)23(28)19-10-2-4-12-21(19)26/h1-5,7-12,15H,6,13-14H2,(H,25,27). The Morgan fingerprint density at radius 1 is 0.893 bits per heavy atom. The number of rotatable bonds is 5. The normalized spacial score (nSPS) is 11.0. The highest BCUT2D eigenvalue weighted by Gasteiger charge is 2.10. The summed E-state index contributed by atoms with van der Waals surface area (Å²) in [6.45, 7) is 0.595. The fourth-order valence-electron chi connectivity index (χ4n) is 3.51. The van der Waals surface area contributed by atoms with Crippen molar-refractivity contribution in [1.82, 2.24) is 4.57 Å². The number of halogens is 1. The Kier molecular flexibility index (Phi) is 4.89. The van der Waals surface area contributed by atoms with Crippen molar-refractivity contribution in [3.8, 4) is 0 Å². The summed E-state index contributed by atoms with van der Waals surface area (Å²) in [5.41, 5.74) is 2.18. The van der Waals surface area contributed by atoms with Crippen LogP contribution >= 0.6 is 0 Å². The Hall–Kier alpha value is -3.47. The van der Waals surface area contributed by atoms with Crippen LogP contribution in [0.2, 0.25) is 0 Å². The van der Waals surface area contributed by atoms with Gasteiger partial charge in [0.05, 0.1) is 11.0 Å². The van der Waals surface area contributed by atoms with Gasteiger partial charge in [-0.2, -0.15) is 0 Å². The summed E-state index contributed by atoms with van der Waals surface area (Å²) >= 11 is 0. The molecular weight excluding hydrogens is 355 g/mol. The molecule has 4 nitrogen and oxygen atoms in total. The van der Waals surface area contributed by atoms with Gasteiger partial charge in [0, 0.05) is 29.4 Å². The molecule has 4 rings (SSSR count). The fourth-order valence-corrected chi connectivity index (χ4v) is 3.51. The summed E-state index contributed by atoms with van der Waals surface area (Å²) in [5, 5.41) is 4.06. The van der Waals surface area contributed by atoms with Gasteiger partial charge in [-0.05, 0) is 48.9 Å². The summed E-state index contributed by atoms with van der Waals surface area (Å²) in [6.07, 6.45) is 0.892. The van der Waals surface area contributed by atoms with Crippen molar-refractivity contribution in [2.24, 2.45) is 0 Å². The molecule has 4 aromatic rings. The molecule has 0 atom stereocenters. The van der Waals surface area contributed by atoms with Gasteiger partial charge < -0.3 is 9.88 Å². The molecule has 0 spiro atoms. The molecular formula is C23H19FN2O2. The van der Waals surface area contributed by atoms with Gasteiger partial charge in [-0.1, -0.05) is 30.3 Å². The number of hydrogen-bond donors (Lipinski definition) is 1. The van der Waals surface area contributed by atoms with Crippen LogP contribution in [0.15, 0.2) is 77.6 Å². The molecule has 28 heavy (non-hydrogen) atoms. The number of amides is 1. The Morgan fingerprint density at radius 3 is 2.18 bits per heavy atom. The maximum Gasteiger partial charge on any atom is 0.224 e. The topological polar surface area (TPSA) is 51.1 Å². The van der Waals surface area contributed by atoms with E-state index in [4.69, 9.17) is 0 Å². The van der Waals surface area contributed by atoms with E-state index in [0.29, 0.717) is 35.8 Å². The van der Waals surface area contributed by atoms with Gasteiger partial charge in [0.15, 0.2) is 5.43 Å². The van der Waals surface area contributed by atoms with Crippen molar-refractivity contribution >= 4 is 33.4 Å². The van der Waals surface area contributed by atoms with Gasteiger partial charge in [0.2, 0.25) is 5.91 Å². The number of hydrogen-bond acceptors (Lipinski definition) is 2. The molecule has 0 aliphatic carbocycles. The van der Waals surface area contributed by atoms with Gasteiger partial charge in [-0.15, -0.1) is 0 Å². The van der Waals surface area contributed by atoms with Crippen LogP contribution in [0.5, 0.6) is 0 Å². The van der Waals surface area contributed by atoms with E-state index in [1.807, 2.05) is 48.5 Å². The highest BCUT2D eigenvalue weighted by Crippen LogP contribution is 2.20. The first-order valence-corrected chi connectivity index (χ1v) is 9.19. The molecule has 1 amide bonds. The number of nitrogens with zero attached hydrogens (tertiary/aromatic N) is 1. The molecule has 0 radical (unpaired) electrons. The molecule has 0 saturated heterocycles. The minimum Gasteiger partial charge on any atom is -0.340 e. The number of carbonyl (C=O) groups excluding carboxylic acids is 1. The zero-order valence-corrected chi connectivity index (χ0v) is 15.2. The number of fused-ring (bicyclic) bond motifs is 2. The number of para-hydroxylation sites is 2. The second-order valence-electron chi connectivity index (χ2n) is 6.68. The molecule has 0 saturated carbocycles. The Labute approximate surface area is 161 Å². The van der Waals surface area contributed by atoms with Crippen LogP contribution in [-0.4, -0.2) is 10.5 Å². The number of aromatic nitrogens is 1. The lowest BCUT2D eigenvalue weighted by Gasteiger charge is -2.15. The SMILES string of the molecule is O=C(CCCn1c2ccccc2c(=O)c2ccccc21)Nc1cccc(F)c1. The van der Waals surface area contributed by atoms with Crippen molar-refractivity contribution < 1.29 is 9.18 Å². The molecule has 3 aromatic carbocycles. The molecule has 0 aliphatic heterocycles. The summed E-state index contributed by atoms with van der Waals surface area (Å²) in [5.74, 6) is -0.552. The Morgan fingerprint density at radius 2 is 1.54 bits per heavy atom. The van der Waals surface area contributed by atoms with E-state index in [-0.39, 0.29) is 17.2 Å². The zero-order chi connectivity index (χ0) is 19.5. The van der Waals surface area contributed by atoms with Crippen molar-refractivity contribution in [3.05, 3.63) is 88.8 Å². The number of nitrogens with one attached hydrogen (secondary N) is 1. The van der Waals surface area contributed by atoms with Crippen LogP contribution in [0.25, 0.3) is 21.8 Å². The lowest BCUT2D eigenvalue weighted by molar-refractivity contribution is -0.116. The van der Waals surface area contributed by atoms with E-state index in [1.165, 1.54) is 12.1 Å². The smallest absolute Gasteiger partial charge is 0.224 e. The minimum atomic E-state index is -0.385. The number of pyridine rings is 1. The number of benzene rings is 3. The Balaban J connectivity index is 1.57. The van der Waals surface area contributed by atoms with Crippen molar-refractivity contribution in [3.63, 3.8) is 0 Å². The largest absolute Gasteiger partial charge is 0.340 e. The van der Waals surface area contributed by atoms with E-state index < -0.39 is 0 Å². The molecule has 0 unspecified atom stereocenters. The van der Waals surface area contributed by atoms with Gasteiger partial charge in [-0.25, -0.2) is 4.39 Å². The summed E-state index contributed by atoms with van der Waals surface area (Å²) in [7, 11) is 0. The lowest BCUT2D eigenvalue weighted by atomic mass is 10.1. The molecule has 0 fully saturated rings. The van der Waals surface area contributed by atoms with Crippen LogP contribution in [0, 0.1) is 5.82 Å². The van der Waals surface area contributed by atoms with Crippen molar-refractivity contribution in [2.45, 2.75) is 19.4 Å². The first kappa shape index (κ1) is 17.9.